The third-order valence-electron chi connectivity index (χ3n) is 4.54. The van der Waals surface area contributed by atoms with Gasteiger partial charge >= 0.3 is 0 Å². The van der Waals surface area contributed by atoms with Crippen LogP contribution in [0.5, 0.6) is 0 Å². The smallest absolute Gasteiger partial charge is 0.245 e. The molecule has 0 radical (unpaired) electrons. The summed E-state index contributed by atoms with van der Waals surface area (Å²) >= 11 is 0. The quantitative estimate of drug-likeness (QED) is 0.748. The lowest BCUT2D eigenvalue weighted by Crippen LogP contribution is -2.65. The molecule has 2 amide bonds. The van der Waals surface area contributed by atoms with Gasteiger partial charge in [-0.05, 0) is 27.4 Å². The minimum absolute atomic E-state index is 0.0386. The number of nitrogens with one attached hydrogen (secondary N) is 1. The number of likely N-dealkylation sites (N-methyl/N-ethyl adjacent to an activating group) is 2. The zero-order valence-electron chi connectivity index (χ0n) is 12.9. The molecule has 2 heterocycles. The third kappa shape index (κ3) is 2.96. The fraction of sp³-hybridized carbons (Fsp3) is 0.857. The molecule has 2 saturated heterocycles. The summed E-state index contributed by atoms with van der Waals surface area (Å²) in [5.74, 6) is 0.0180. The van der Waals surface area contributed by atoms with Crippen molar-refractivity contribution in [3.05, 3.63) is 0 Å². The maximum atomic E-state index is 12.5. The summed E-state index contributed by atoms with van der Waals surface area (Å²) in [6.07, 6.45) is 0.647. The molecule has 0 aromatic heterocycles. The van der Waals surface area contributed by atoms with Crippen molar-refractivity contribution in [3.63, 3.8) is 0 Å². The predicted octanol–water partition coefficient (Wildman–Crippen LogP) is -0.642. The van der Waals surface area contributed by atoms with Gasteiger partial charge in [0.1, 0.15) is 12.1 Å². The standard InChI is InChI=1S/C14H26N4O2/c1-5-12-14(20)18(10(2)13(19)15-12)9-11-8-16(3)6-7-17(11)4/h10-12H,5-9H2,1-4H3,(H,15,19). The number of nitrogens with zero attached hydrogens (tertiary/aromatic N) is 3. The minimum Gasteiger partial charge on any atom is -0.343 e. The summed E-state index contributed by atoms with van der Waals surface area (Å²) < 4.78 is 0. The van der Waals surface area contributed by atoms with E-state index in [1.54, 1.807) is 4.90 Å². The van der Waals surface area contributed by atoms with Crippen LogP contribution in [-0.4, -0.2) is 84.9 Å². The van der Waals surface area contributed by atoms with Crippen molar-refractivity contribution in [2.24, 2.45) is 0 Å². The largest absolute Gasteiger partial charge is 0.343 e. The minimum atomic E-state index is -0.370. The van der Waals surface area contributed by atoms with Crippen molar-refractivity contribution in [2.75, 3.05) is 40.3 Å². The van der Waals surface area contributed by atoms with Crippen LogP contribution in [0.15, 0.2) is 0 Å². The fourth-order valence-electron chi connectivity index (χ4n) is 2.94. The molecule has 1 N–H and O–H groups in total. The van der Waals surface area contributed by atoms with Crippen molar-refractivity contribution >= 4 is 11.8 Å². The van der Waals surface area contributed by atoms with Crippen molar-refractivity contribution in [1.29, 1.82) is 0 Å². The Morgan fingerprint density at radius 1 is 1.25 bits per heavy atom. The predicted molar refractivity (Wildman–Crippen MR) is 77.3 cm³/mol. The van der Waals surface area contributed by atoms with Crippen LogP contribution in [0.1, 0.15) is 20.3 Å². The Bertz CT molecular complexity index is 387. The van der Waals surface area contributed by atoms with Gasteiger partial charge < -0.3 is 15.1 Å². The van der Waals surface area contributed by atoms with E-state index in [1.807, 2.05) is 13.8 Å². The van der Waals surface area contributed by atoms with E-state index >= 15 is 0 Å². The van der Waals surface area contributed by atoms with E-state index in [0.29, 0.717) is 19.0 Å². The van der Waals surface area contributed by atoms with Gasteiger partial charge in [-0.2, -0.15) is 0 Å². The van der Waals surface area contributed by atoms with Gasteiger partial charge in [-0.15, -0.1) is 0 Å². The van der Waals surface area contributed by atoms with Gasteiger partial charge in [-0.3, -0.25) is 14.5 Å². The summed E-state index contributed by atoms with van der Waals surface area (Å²) in [6.45, 7) is 7.36. The molecular weight excluding hydrogens is 256 g/mol. The highest BCUT2D eigenvalue weighted by Gasteiger charge is 2.39. The SMILES string of the molecule is CCC1NC(=O)C(C)N(CC2CN(C)CCN2C)C1=O. The highest BCUT2D eigenvalue weighted by molar-refractivity contribution is 5.96. The number of amides is 2. The second-order valence-electron chi connectivity index (χ2n) is 6.03. The molecular formula is C14H26N4O2. The average molecular weight is 282 g/mol. The van der Waals surface area contributed by atoms with Crippen molar-refractivity contribution in [3.8, 4) is 0 Å². The summed E-state index contributed by atoms with van der Waals surface area (Å²) in [4.78, 5) is 30.8. The van der Waals surface area contributed by atoms with Gasteiger partial charge in [0, 0.05) is 32.2 Å². The molecule has 2 fully saturated rings. The molecule has 3 unspecified atom stereocenters. The lowest BCUT2D eigenvalue weighted by molar-refractivity contribution is -0.149. The van der Waals surface area contributed by atoms with E-state index in [4.69, 9.17) is 0 Å². The van der Waals surface area contributed by atoms with Gasteiger partial charge in [0.05, 0.1) is 0 Å². The first-order valence-electron chi connectivity index (χ1n) is 7.43. The molecule has 2 aliphatic rings. The maximum Gasteiger partial charge on any atom is 0.245 e. The lowest BCUT2D eigenvalue weighted by Gasteiger charge is -2.44. The van der Waals surface area contributed by atoms with E-state index in [1.165, 1.54) is 0 Å². The average Bonchev–Trinajstić information content (AvgIpc) is 2.42. The second kappa shape index (κ2) is 6.10. The van der Waals surface area contributed by atoms with E-state index in [2.05, 4.69) is 29.2 Å². The Morgan fingerprint density at radius 3 is 2.60 bits per heavy atom. The Balaban J connectivity index is 2.08. The molecule has 0 aromatic rings. The summed E-state index contributed by atoms with van der Waals surface area (Å²) in [6, 6.07) is -0.431. The van der Waals surface area contributed by atoms with Crippen LogP contribution < -0.4 is 5.32 Å². The lowest BCUT2D eigenvalue weighted by atomic mass is 10.0. The number of hydrogen-bond acceptors (Lipinski definition) is 4. The number of carbonyl (C=O) groups is 2. The Labute approximate surface area is 121 Å². The topological polar surface area (TPSA) is 55.9 Å². The molecule has 2 rings (SSSR count). The summed E-state index contributed by atoms with van der Waals surface area (Å²) in [5.41, 5.74) is 0. The third-order valence-corrected chi connectivity index (χ3v) is 4.54. The second-order valence-corrected chi connectivity index (χ2v) is 6.03. The first-order chi connectivity index (χ1) is 9.43. The van der Waals surface area contributed by atoms with E-state index in [-0.39, 0.29) is 23.9 Å². The van der Waals surface area contributed by atoms with Gasteiger partial charge in [0.15, 0.2) is 0 Å². The number of hydrogen-bond donors (Lipinski definition) is 1. The van der Waals surface area contributed by atoms with Gasteiger partial charge in [-0.1, -0.05) is 6.92 Å². The monoisotopic (exact) mass is 282 g/mol. The highest BCUT2D eigenvalue weighted by atomic mass is 16.2. The first-order valence-corrected chi connectivity index (χ1v) is 7.43. The van der Waals surface area contributed by atoms with Crippen LogP contribution >= 0.6 is 0 Å². The van der Waals surface area contributed by atoms with Crippen molar-refractivity contribution in [2.45, 2.75) is 38.4 Å². The Kier molecular flexibility index (Phi) is 4.65. The Morgan fingerprint density at radius 2 is 1.95 bits per heavy atom. The molecule has 6 nitrogen and oxygen atoms in total. The van der Waals surface area contributed by atoms with Gasteiger partial charge in [0.2, 0.25) is 11.8 Å². The van der Waals surface area contributed by atoms with Gasteiger partial charge in [-0.25, -0.2) is 0 Å². The molecule has 0 bridgehead atoms. The maximum absolute atomic E-state index is 12.5. The van der Waals surface area contributed by atoms with Crippen LogP contribution in [0.25, 0.3) is 0 Å². The zero-order valence-corrected chi connectivity index (χ0v) is 12.9. The van der Waals surface area contributed by atoms with Crippen LogP contribution in [0.4, 0.5) is 0 Å². The molecule has 6 heteroatoms. The number of rotatable bonds is 3. The van der Waals surface area contributed by atoms with Crippen molar-refractivity contribution in [1.82, 2.24) is 20.0 Å². The molecule has 0 saturated carbocycles. The normalized spacial score (nSPS) is 33.4. The van der Waals surface area contributed by atoms with E-state index in [0.717, 1.165) is 19.6 Å². The van der Waals surface area contributed by atoms with Crippen LogP contribution in [0, 0.1) is 0 Å². The summed E-state index contributed by atoms with van der Waals surface area (Å²) in [7, 11) is 4.19. The van der Waals surface area contributed by atoms with E-state index in [9.17, 15) is 9.59 Å². The first kappa shape index (κ1) is 15.3. The number of piperazine rings is 2. The van der Waals surface area contributed by atoms with Crippen molar-refractivity contribution < 1.29 is 9.59 Å². The van der Waals surface area contributed by atoms with E-state index < -0.39 is 0 Å². The molecule has 20 heavy (non-hydrogen) atoms. The molecule has 114 valence electrons. The molecule has 0 aromatic carbocycles. The molecule has 3 atom stereocenters. The van der Waals surface area contributed by atoms with Gasteiger partial charge in [0.25, 0.3) is 0 Å². The molecule has 2 aliphatic heterocycles. The van der Waals surface area contributed by atoms with Crippen LogP contribution in [-0.2, 0) is 9.59 Å². The number of carbonyl (C=O) groups excluding carboxylic acids is 2. The molecule has 0 aliphatic carbocycles. The van der Waals surface area contributed by atoms with Crippen LogP contribution in [0.2, 0.25) is 0 Å². The molecule has 0 spiro atoms. The fourth-order valence-corrected chi connectivity index (χ4v) is 2.94. The highest BCUT2D eigenvalue weighted by Crippen LogP contribution is 2.15. The summed E-state index contributed by atoms with van der Waals surface area (Å²) in [5, 5.41) is 2.80. The van der Waals surface area contributed by atoms with Crippen LogP contribution in [0.3, 0.4) is 0 Å². The zero-order chi connectivity index (χ0) is 14.9. The Hall–Kier alpha value is -1.14.